The van der Waals surface area contributed by atoms with Crippen LogP contribution < -0.4 is 0 Å². The molecule has 1 aliphatic rings. The first-order valence-electron chi connectivity index (χ1n) is 13.0. The third-order valence-corrected chi connectivity index (χ3v) is 6.17. The summed E-state index contributed by atoms with van der Waals surface area (Å²) in [5, 5.41) is 0. The zero-order valence-electron chi connectivity index (χ0n) is 20.2. The van der Waals surface area contributed by atoms with Gasteiger partial charge >= 0.3 is 6.16 Å². The number of carbonyl (C=O) groups excluding carboxylic acids is 1. The highest BCUT2D eigenvalue weighted by Gasteiger charge is 2.33. The van der Waals surface area contributed by atoms with Crippen molar-refractivity contribution >= 4 is 6.16 Å². The van der Waals surface area contributed by atoms with Crippen LogP contribution in [0.1, 0.15) is 129 Å². The van der Waals surface area contributed by atoms with E-state index in [1.165, 1.54) is 109 Å². The second kappa shape index (κ2) is 19.0. The molecule has 0 amide bonds. The van der Waals surface area contributed by atoms with E-state index in [0.29, 0.717) is 19.8 Å². The molecule has 0 aromatic rings. The quantitative estimate of drug-likeness (QED) is 0.137. The van der Waals surface area contributed by atoms with Gasteiger partial charge in [0.1, 0.15) is 13.2 Å². The molecule has 0 unspecified atom stereocenters. The molecular weight excluding hydrogens is 376 g/mol. The molecule has 1 rings (SSSR count). The molecule has 4 nitrogen and oxygen atoms in total. The van der Waals surface area contributed by atoms with Gasteiger partial charge in [-0.1, -0.05) is 123 Å². The summed E-state index contributed by atoms with van der Waals surface area (Å²) in [6, 6.07) is 0. The summed E-state index contributed by atoms with van der Waals surface area (Å²) in [7, 11) is 0. The highest BCUT2D eigenvalue weighted by molar-refractivity contribution is 5.60. The van der Waals surface area contributed by atoms with Crippen LogP contribution in [0.5, 0.6) is 0 Å². The number of hydrogen-bond acceptors (Lipinski definition) is 4. The maximum Gasteiger partial charge on any atom is 0.508 e. The maximum atomic E-state index is 10.9. The molecule has 30 heavy (non-hydrogen) atoms. The smallest absolute Gasteiger partial charge is 0.433 e. The van der Waals surface area contributed by atoms with E-state index < -0.39 is 6.16 Å². The van der Waals surface area contributed by atoms with E-state index in [9.17, 15) is 4.79 Å². The lowest BCUT2D eigenvalue weighted by Gasteiger charge is -2.31. The predicted molar refractivity (Wildman–Crippen MR) is 125 cm³/mol. The van der Waals surface area contributed by atoms with Gasteiger partial charge in [0.15, 0.2) is 0 Å². The van der Waals surface area contributed by atoms with Gasteiger partial charge < -0.3 is 14.2 Å². The summed E-state index contributed by atoms with van der Waals surface area (Å²) in [5.74, 6) is 0. The number of rotatable bonds is 21. The molecule has 1 saturated heterocycles. The molecule has 0 saturated carbocycles. The normalized spacial score (nSPS) is 15.7. The molecule has 0 N–H and O–H groups in total. The first-order valence-corrected chi connectivity index (χ1v) is 13.0. The van der Waals surface area contributed by atoms with Crippen LogP contribution in [0.25, 0.3) is 0 Å². The Labute approximate surface area is 186 Å². The van der Waals surface area contributed by atoms with Crippen molar-refractivity contribution in [2.75, 3.05) is 26.4 Å². The van der Waals surface area contributed by atoms with Crippen LogP contribution in [-0.4, -0.2) is 32.6 Å². The average Bonchev–Trinajstić information content (AvgIpc) is 2.75. The number of carbonyl (C=O) groups is 1. The molecule has 1 aliphatic heterocycles. The zero-order valence-corrected chi connectivity index (χ0v) is 20.2. The molecule has 0 bridgehead atoms. The lowest BCUT2D eigenvalue weighted by atomic mass is 9.94. The fourth-order valence-electron chi connectivity index (χ4n) is 4.06. The first-order chi connectivity index (χ1) is 14.7. The number of ether oxygens (including phenoxy) is 3. The fourth-order valence-corrected chi connectivity index (χ4v) is 4.06. The number of unbranched alkanes of at least 4 members (excludes halogenated alkanes) is 17. The first kappa shape index (κ1) is 27.3. The Bertz CT molecular complexity index is 386. The van der Waals surface area contributed by atoms with Crippen molar-refractivity contribution < 1.29 is 19.0 Å². The van der Waals surface area contributed by atoms with Gasteiger partial charge in [0.2, 0.25) is 0 Å². The van der Waals surface area contributed by atoms with Crippen molar-refractivity contribution in [1.29, 1.82) is 0 Å². The second-order valence-electron chi connectivity index (χ2n) is 9.70. The summed E-state index contributed by atoms with van der Waals surface area (Å²) < 4.78 is 15.7. The van der Waals surface area contributed by atoms with Crippen LogP contribution in [0.2, 0.25) is 0 Å². The van der Waals surface area contributed by atoms with E-state index in [2.05, 4.69) is 6.92 Å². The van der Waals surface area contributed by atoms with Crippen LogP contribution in [-0.2, 0) is 14.2 Å². The molecule has 0 aromatic heterocycles. The van der Waals surface area contributed by atoms with Crippen LogP contribution in [0, 0.1) is 5.41 Å². The highest BCUT2D eigenvalue weighted by atomic mass is 16.7. The average molecular weight is 427 g/mol. The summed E-state index contributed by atoms with van der Waals surface area (Å²) in [6.07, 6.45) is 24.5. The van der Waals surface area contributed by atoms with Gasteiger partial charge in [-0.15, -0.1) is 0 Å². The Morgan fingerprint density at radius 3 is 1.43 bits per heavy atom. The SMILES string of the molecule is CCCCCCCCCCCCCCCCCCCCOCC1(C)COC(=O)OC1. The van der Waals surface area contributed by atoms with Gasteiger partial charge in [0.25, 0.3) is 0 Å². The fraction of sp³-hybridized carbons (Fsp3) is 0.962. The van der Waals surface area contributed by atoms with Crippen molar-refractivity contribution in [2.45, 2.75) is 129 Å². The predicted octanol–water partition coefficient (Wildman–Crippen LogP) is 8.22. The molecule has 0 aromatic carbocycles. The second-order valence-corrected chi connectivity index (χ2v) is 9.70. The molecule has 1 heterocycles. The standard InChI is InChI=1S/C26H50O4/c1-3-4-5-6-7-8-9-10-11-12-13-14-15-16-17-18-19-20-21-28-22-26(2)23-29-25(27)30-24-26/h3-24H2,1-2H3. The molecule has 0 spiro atoms. The third kappa shape index (κ3) is 16.0. The van der Waals surface area contributed by atoms with Crippen LogP contribution in [0.4, 0.5) is 4.79 Å². The number of hydrogen-bond donors (Lipinski definition) is 0. The summed E-state index contributed by atoms with van der Waals surface area (Å²) in [4.78, 5) is 10.9. The Kier molecular flexibility index (Phi) is 17.2. The van der Waals surface area contributed by atoms with Crippen LogP contribution in [0.15, 0.2) is 0 Å². The minimum absolute atomic E-state index is 0.192. The zero-order chi connectivity index (χ0) is 21.8. The maximum absolute atomic E-state index is 10.9. The monoisotopic (exact) mass is 426 g/mol. The van der Waals surface area contributed by atoms with Gasteiger partial charge in [-0.05, 0) is 6.42 Å². The van der Waals surface area contributed by atoms with E-state index in [1.807, 2.05) is 6.92 Å². The molecule has 0 radical (unpaired) electrons. The summed E-state index contributed by atoms with van der Waals surface area (Å²) >= 11 is 0. The summed E-state index contributed by atoms with van der Waals surface area (Å²) in [6.45, 7) is 6.50. The van der Waals surface area contributed by atoms with Gasteiger partial charge in [0.05, 0.1) is 12.0 Å². The Morgan fingerprint density at radius 1 is 0.667 bits per heavy atom. The van der Waals surface area contributed by atoms with E-state index in [1.54, 1.807) is 0 Å². The van der Waals surface area contributed by atoms with Gasteiger partial charge in [0, 0.05) is 6.61 Å². The van der Waals surface area contributed by atoms with Crippen molar-refractivity contribution in [1.82, 2.24) is 0 Å². The molecular formula is C26H50O4. The molecule has 1 fully saturated rings. The Morgan fingerprint density at radius 2 is 1.03 bits per heavy atom. The van der Waals surface area contributed by atoms with E-state index in [-0.39, 0.29) is 5.41 Å². The highest BCUT2D eigenvalue weighted by Crippen LogP contribution is 2.22. The van der Waals surface area contributed by atoms with Gasteiger partial charge in [-0.2, -0.15) is 0 Å². The topological polar surface area (TPSA) is 44.8 Å². The molecule has 178 valence electrons. The Balaban J connectivity index is 1.71. The van der Waals surface area contributed by atoms with Crippen molar-refractivity contribution in [3.8, 4) is 0 Å². The molecule has 4 heteroatoms. The van der Waals surface area contributed by atoms with Crippen molar-refractivity contribution in [3.63, 3.8) is 0 Å². The molecule has 0 atom stereocenters. The molecule has 0 aliphatic carbocycles. The van der Waals surface area contributed by atoms with Crippen molar-refractivity contribution in [2.24, 2.45) is 5.41 Å². The van der Waals surface area contributed by atoms with Crippen LogP contribution >= 0.6 is 0 Å². The minimum atomic E-state index is -0.559. The lowest BCUT2D eigenvalue weighted by molar-refractivity contribution is -0.0852. The van der Waals surface area contributed by atoms with E-state index >= 15 is 0 Å². The van der Waals surface area contributed by atoms with Gasteiger partial charge in [-0.25, -0.2) is 4.79 Å². The number of cyclic esters (lactones) is 2. The summed E-state index contributed by atoms with van der Waals surface area (Å²) in [5.41, 5.74) is -0.192. The van der Waals surface area contributed by atoms with Gasteiger partial charge in [-0.3, -0.25) is 0 Å². The third-order valence-electron chi connectivity index (χ3n) is 6.17. The van der Waals surface area contributed by atoms with Crippen LogP contribution in [0.3, 0.4) is 0 Å². The van der Waals surface area contributed by atoms with E-state index in [4.69, 9.17) is 14.2 Å². The minimum Gasteiger partial charge on any atom is -0.433 e. The van der Waals surface area contributed by atoms with Crippen molar-refractivity contribution in [3.05, 3.63) is 0 Å². The lowest BCUT2D eigenvalue weighted by Crippen LogP contribution is -2.40. The Hall–Kier alpha value is -0.770. The largest absolute Gasteiger partial charge is 0.508 e. The van der Waals surface area contributed by atoms with E-state index in [0.717, 1.165) is 13.0 Å².